The molecule has 0 amide bonds. The third kappa shape index (κ3) is 7.74. The van der Waals surface area contributed by atoms with Crippen molar-refractivity contribution < 1.29 is 22.0 Å². The van der Waals surface area contributed by atoms with Crippen molar-refractivity contribution in [3.63, 3.8) is 0 Å². The van der Waals surface area contributed by atoms with Gasteiger partial charge in [0.05, 0.1) is 32.3 Å². The Hall–Kier alpha value is -2.05. The Labute approximate surface area is 218 Å². The fourth-order valence-corrected chi connectivity index (χ4v) is 4.28. The predicted octanol–water partition coefficient (Wildman–Crippen LogP) is 2.62. The Kier molecular flexibility index (Phi) is 11.4. The minimum absolute atomic E-state index is 0. The molecule has 1 aromatic heterocycles. The Morgan fingerprint density at radius 1 is 1.06 bits per heavy atom. The highest BCUT2D eigenvalue weighted by Gasteiger charge is 2.12. The lowest BCUT2D eigenvalue weighted by Gasteiger charge is -2.19. The molecule has 0 aliphatic carbocycles. The minimum atomic E-state index is 0. The van der Waals surface area contributed by atoms with Gasteiger partial charge in [0.1, 0.15) is 11.6 Å². The van der Waals surface area contributed by atoms with Gasteiger partial charge in [-0.15, -0.1) is 0 Å². The predicted molar refractivity (Wildman–Crippen MR) is 141 cm³/mol. The van der Waals surface area contributed by atoms with Crippen LogP contribution in [-0.2, 0) is 0 Å². The van der Waals surface area contributed by atoms with Crippen LogP contribution in [0.3, 0.4) is 0 Å². The summed E-state index contributed by atoms with van der Waals surface area (Å²) in [5, 5.41) is 5.75. The monoisotopic (exact) mass is 522 g/mol. The summed E-state index contributed by atoms with van der Waals surface area (Å²) in [5.41, 5.74) is 1.72. The first-order valence-electron chi connectivity index (χ1n) is 11.5. The summed E-state index contributed by atoms with van der Waals surface area (Å²) in [6, 6.07) is 11.6. The molecule has 2 N–H and O–H groups in total. The topological polar surface area (TPSA) is 51.5 Å². The van der Waals surface area contributed by atoms with Crippen molar-refractivity contribution in [1.82, 2.24) is 9.97 Å². The maximum absolute atomic E-state index is 6.31. The standard InChI is InChI=1S/C26H32Cl2N4O.ClH/c1-5-32(6-2)15-7-8-18(3)29-26-22-17-21(33-4)12-13-24(22)30-25(31-26)14-10-19-9-11-20(27)16-23(19)28;/h9-14,16-18H,5-8,15H2,1-4H3,(H,29,30,31);1H. The Morgan fingerprint density at radius 2 is 1.82 bits per heavy atom. The van der Waals surface area contributed by atoms with E-state index in [1.807, 2.05) is 42.5 Å². The second-order valence-electron chi connectivity index (χ2n) is 8.21. The molecular formula is C26H33Cl3N4O. The molecule has 0 saturated heterocycles. The molecule has 34 heavy (non-hydrogen) atoms. The number of anilines is 1. The number of methoxy groups -OCH3 is 1. The lowest BCUT2D eigenvalue weighted by Crippen LogP contribution is -3.11. The van der Waals surface area contributed by atoms with E-state index < -0.39 is 0 Å². The highest BCUT2D eigenvalue weighted by Crippen LogP contribution is 2.27. The maximum Gasteiger partial charge on any atom is 0.154 e. The van der Waals surface area contributed by atoms with Gasteiger partial charge < -0.3 is 27.4 Å². The van der Waals surface area contributed by atoms with Crippen LogP contribution < -0.4 is 27.4 Å². The minimum Gasteiger partial charge on any atom is -1.00 e. The van der Waals surface area contributed by atoms with E-state index in [0.717, 1.165) is 34.5 Å². The summed E-state index contributed by atoms with van der Waals surface area (Å²) in [7, 11) is 1.67. The second kappa shape index (κ2) is 13.7. The highest BCUT2D eigenvalue weighted by atomic mass is 35.5. The lowest BCUT2D eigenvalue weighted by molar-refractivity contribution is -0.896. The molecule has 8 heteroatoms. The molecule has 5 nitrogen and oxygen atoms in total. The zero-order chi connectivity index (χ0) is 23.8. The molecule has 0 aliphatic heterocycles. The van der Waals surface area contributed by atoms with E-state index in [-0.39, 0.29) is 18.4 Å². The van der Waals surface area contributed by atoms with Gasteiger partial charge in [0.25, 0.3) is 0 Å². The van der Waals surface area contributed by atoms with Gasteiger partial charge in [-0.1, -0.05) is 29.3 Å². The SMILES string of the molecule is CC[NH+](CC)CCCC(C)Nc1nc(C=Cc2ccc(Cl)cc2Cl)nc2ccc(OC)cc12.[Cl-]. The number of nitrogens with one attached hydrogen (secondary N) is 2. The van der Waals surface area contributed by atoms with E-state index in [4.69, 9.17) is 37.9 Å². The zero-order valence-corrected chi connectivity index (χ0v) is 22.4. The van der Waals surface area contributed by atoms with Gasteiger partial charge in [0, 0.05) is 21.5 Å². The Morgan fingerprint density at radius 3 is 2.50 bits per heavy atom. The summed E-state index contributed by atoms with van der Waals surface area (Å²) in [6.07, 6.45) is 6.02. The summed E-state index contributed by atoms with van der Waals surface area (Å²) in [5.74, 6) is 2.20. The lowest BCUT2D eigenvalue weighted by atomic mass is 10.1. The van der Waals surface area contributed by atoms with Gasteiger partial charge in [-0.2, -0.15) is 0 Å². The normalized spacial score (nSPS) is 12.2. The Bertz CT molecular complexity index is 1100. The number of benzene rings is 2. The molecule has 1 unspecified atom stereocenters. The van der Waals surface area contributed by atoms with Crippen molar-refractivity contribution in [2.75, 3.05) is 32.1 Å². The van der Waals surface area contributed by atoms with Crippen molar-refractivity contribution in [2.24, 2.45) is 0 Å². The average molecular weight is 524 g/mol. The first kappa shape index (κ1) is 28.2. The summed E-state index contributed by atoms with van der Waals surface area (Å²) >= 11 is 12.3. The molecule has 3 rings (SSSR count). The van der Waals surface area contributed by atoms with Crippen molar-refractivity contribution >= 4 is 52.1 Å². The van der Waals surface area contributed by atoms with Crippen LogP contribution in [0.1, 0.15) is 45.0 Å². The smallest absolute Gasteiger partial charge is 0.154 e. The van der Waals surface area contributed by atoms with Gasteiger partial charge >= 0.3 is 0 Å². The van der Waals surface area contributed by atoms with Crippen LogP contribution >= 0.6 is 23.2 Å². The van der Waals surface area contributed by atoms with Crippen LogP contribution in [0.4, 0.5) is 5.82 Å². The number of halogens is 3. The maximum atomic E-state index is 6.31. The van der Waals surface area contributed by atoms with Crippen molar-refractivity contribution in [2.45, 2.75) is 39.7 Å². The number of aromatic nitrogens is 2. The molecule has 184 valence electrons. The first-order chi connectivity index (χ1) is 15.9. The molecule has 0 radical (unpaired) electrons. The van der Waals surface area contributed by atoms with Gasteiger partial charge in [0.2, 0.25) is 0 Å². The van der Waals surface area contributed by atoms with Crippen LogP contribution in [-0.4, -0.2) is 42.8 Å². The number of hydrogen-bond donors (Lipinski definition) is 2. The van der Waals surface area contributed by atoms with E-state index >= 15 is 0 Å². The third-order valence-corrected chi connectivity index (χ3v) is 6.41. The number of ether oxygens (including phenoxy) is 1. The van der Waals surface area contributed by atoms with Crippen LogP contribution in [0.5, 0.6) is 5.75 Å². The number of quaternary nitrogens is 1. The molecular weight excluding hydrogens is 491 g/mol. The van der Waals surface area contributed by atoms with Crippen LogP contribution in [0.15, 0.2) is 36.4 Å². The number of nitrogens with zero attached hydrogens (tertiary/aromatic N) is 2. The number of rotatable bonds is 11. The molecule has 0 saturated carbocycles. The van der Waals surface area contributed by atoms with E-state index in [1.165, 1.54) is 26.1 Å². The average Bonchev–Trinajstić information content (AvgIpc) is 2.81. The molecule has 0 spiro atoms. The van der Waals surface area contributed by atoms with Crippen molar-refractivity contribution in [1.29, 1.82) is 0 Å². The quantitative estimate of drug-likeness (QED) is 0.406. The van der Waals surface area contributed by atoms with Gasteiger partial charge in [-0.25, -0.2) is 9.97 Å². The van der Waals surface area contributed by atoms with E-state index in [1.54, 1.807) is 18.1 Å². The molecule has 0 bridgehead atoms. The van der Waals surface area contributed by atoms with Gasteiger partial charge in [-0.05, 0) is 81.7 Å². The van der Waals surface area contributed by atoms with Gasteiger partial charge in [0.15, 0.2) is 5.82 Å². The molecule has 2 aromatic carbocycles. The summed E-state index contributed by atoms with van der Waals surface area (Å²) in [6.45, 7) is 10.2. The molecule has 1 heterocycles. The second-order valence-corrected chi connectivity index (χ2v) is 9.05. The third-order valence-electron chi connectivity index (χ3n) is 5.85. The fraction of sp³-hybridized carbons (Fsp3) is 0.385. The molecule has 0 aliphatic rings. The highest BCUT2D eigenvalue weighted by molar-refractivity contribution is 6.35. The van der Waals surface area contributed by atoms with E-state index in [0.29, 0.717) is 15.9 Å². The van der Waals surface area contributed by atoms with Crippen molar-refractivity contribution in [3.05, 3.63) is 57.8 Å². The number of hydrogen-bond acceptors (Lipinski definition) is 4. The summed E-state index contributed by atoms with van der Waals surface area (Å²) < 4.78 is 5.43. The van der Waals surface area contributed by atoms with E-state index in [2.05, 4.69) is 26.1 Å². The van der Waals surface area contributed by atoms with Crippen LogP contribution in [0.25, 0.3) is 23.1 Å². The Balaban J connectivity index is 0.00000408. The molecule has 1 atom stereocenters. The fourth-order valence-electron chi connectivity index (χ4n) is 3.81. The largest absolute Gasteiger partial charge is 1.00 e. The zero-order valence-electron chi connectivity index (χ0n) is 20.2. The first-order valence-corrected chi connectivity index (χ1v) is 12.3. The van der Waals surface area contributed by atoms with Crippen molar-refractivity contribution in [3.8, 4) is 5.75 Å². The summed E-state index contributed by atoms with van der Waals surface area (Å²) in [4.78, 5) is 11.2. The molecule has 0 fully saturated rings. The van der Waals surface area contributed by atoms with E-state index in [9.17, 15) is 0 Å². The van der Waals surface area contributed by atoms with Crippen LogP contribution in [0, 0.1) is 0 Å². The van der Waals surface area contributed by atoms with Crippen LogP contribution in [0.2, 0.25) is 10.0 Å². The number of fused-ring (bicyclic) bond motifs is 1. The van der Waals surface area contributed by atoms with Gasteiger partial charge in [-0.3, -0.25) is 0 Å². The molecule has 3 aromatic rings.